The van der Waals surface area contributed by atoms with E-state index < -0.39 is 5.97 Å². The molecule has 9 heteroatoms. The van der Waals surface area contributed by atoms with E-state index in [1.165, 1.54) is 0 Å². The van der Waals surface area contributed by atoms with E-state index in [0.29, 0.717) is 48.7 Å². The van der Waals surface area contributed by atoms with Crippen molar-refractivity contribution in [2.75, 3.05) is 17.2 Å². The molecule has 2 aromatic rings. The Hall–Kier alpha value is -3.26. The van der Waals surface area contributed by atoms with Gasteiger partial charge in [-0.05, 0) is 92.0 Å². The molecule has 0 spiro atoms. The number of nitrogens with zero attached hydrogens (tertiary/aromatic N) is 1. The lowest BCUT2D eigenvalue weighted by molar-refractivity contribution is -0.138. The normalized spacial score (nSPS) is 19.4. The number of ether oxygens (including phenoxy) is 1. The molecule has 1 fully saturated rings. The van der Waals surface area contributed by atoms with Crippen molar-refractivity contribution >= 4 is 41.1 Å². The number of benzene rings is 2. The van der Waals surface area contributed by atoms with Crippen LogP contribution in [-0.4, -0.2) is 40.7 Å². The summed E-state index contributed by atoms with van der Waals surface area (Å²) in [6.07, 6.45) is 3.34. The molecule has 1 heterocycles. The molecule has 4 rings (SSSR count). The largest absolute Gasteiger partial charge is 0.481 e. The van der Waals surface area contributed by atoms with Gasteiger partial charge in [-0.25, -0.2) is 9.59 Å². The summed E-state index contributed by atoms with van der Waals surface area (Å²) in [6, 6.07) is 10.6. The van der Waals surface area contributed by atoms with Gasteiger partial charge in [0.05, 0.1) is 0 Å². The van der Waals surface area contributed by atoms with Crippen LogP contribution in [0.3, 0.4) is 0 Å². The Morgan fingerprint density at radius 1 is 1.06 bits per heavy atom. The first-order valence-corrected chi connectivity index (χ1v) is 12.3. The maximum atomic E-state index is 12.7. The number of aryl methyl sites for hydroxylation is 1. The Morgan fingerprint density at radius 2 is 1.83 bits per heavy atom. The second-order valence-electron chi connectivity index (χ2n) is 9.32. The van der Waals surface area contributed by atoms with Crippen molar-refractivity contribution in [3.63, 3.8) is 0 Å². The van der Waals surface area contributed by atoms with Crippen LogP contribution in [0.1, 0.15) is 48.8 Å². The molecule has 186 valence electrons. The monoisotopic (exact) mass is 499 g/mol. The van der Waals surface area contributed by atoms with Crippen molar-refractivity contribution in [1.82, 2.24) is 4.90 Å². The van der Waals surface area contributed by atoms with E-state index >= 15 is 0 Å². The average molecular weight is 500 g/mol. The number of anilines is 2. The number of rotatable bonds is 5. The highest BCUT2D eigenvalue weighted by Crippen LogP contribution is 2.30. The van der Waals surface area contributed by atoms with E-state index in [1.54, 1.807) is 23.1 Å². The molecular weight excluding hydrogens is 470 g/mol. The minimum absolute atomic E-state index is 0.150. The van der Waals surface area contributed by atoms with Gasteiger partial charge < -0.3 is 25.4 Å². The zero-order valence-electron chi connectivity index (χ0n) is 19.7. The summed E-state index contributed by atoms with van der Waals surface area (Å²) in [5, 5.41) is 15.3. The fourth-order valence-corrected chi connectivity index (χ4v) is 4.98. The fraction of sp³-hybridized carbons (Fsp3) is 0.423. The molecule has 3 N–H and O–H groups in total. The lowest BCUT2D eigenvalue weighted by Crippen LogP contribution is -2.39. The molecule has 2 aliphatic rings. The number of carbonyl (C=O) groups excluding carboxylic acids is 2. The number of urea groups is 1. The lowest BCUT2D eigenvalue weighted by atomic mass is 9.85. The first kappa shape index (κ1) is 24.9. The van der Waals surface area contributed by atoms with Gasteiger partial charge in [-0.15, -0.1) is 0 Å². The zero-order valence-corrected chi connectivity index (χ0v) is 20.4. The third-order valence-electron chi connectivity index (χ3n) is 6.70. The molecule has 0 aromatic heterocycles. The zero-order chi connectivity index (χ0) is 24.9. The molecule has 0 saturated heterocycles. The highest BCUT2D eigenvalue weighted by Gasteiger charge is 2.28. The number of nitrogens with one attached hydrogen (secondary N) is 2. The molecule has 2 aromatic carbocycles. The quantitative estimate of drug-likeness (QED) is 0.480. The number of carbonyl (C=O) groups is 3. The topological polar surface area (TPSA) is 108 Å². The van der Waals surface area contributed by atoms with Crippen LogP contribution in [0.25, 0.3) is 0 Å². The van der Waals surface area contributed by atoms with Gasteiger partial charge in [-0.3, -0.25) is 4.79 Å². The molecule has 8 nitrogen and oxygen atoms in total. The Morgan fingerprint density at radius 3 is 2.54 bits per heavy atom. The Kier molecular flexibility index (Phi) is 7.80. The van der Waals surface area contributed by atoms with Crippen LogP contribution in [0.5, 0.6) is 0 Å². The van der Waals surface area contributed by atoms with Gasteiger partial charge in [0.2, 0.25) is 0 Å². The van der Waals surface area contributed by atoms with Crippen molar-refractivity contribution in [2.24, 2.45) is 5.92 Å². The Labute approximate surface area is 209 Å². The summed E-state index contributed by atoms with van der Waals surface area (Å²) in [7, 11) is 0. The van der Waals surface area contributed by atoms with Crippen molar-refractivity contribution in [3.8, 4) is 0 Å². The average Bonchev–Trinajstić information content (AvgIpc) is 2.81. The van der Waals surface area contributed by atoms with E-state index in [2.05, 4.69) is 10.6 Å². The maximum absolute atomic E-state index is 12.7. The van der Waals surface area contributed by atoms with E-state index in [-0.39, 0.29) is 30.6 Å². The standard InChI is InChI=1S/C26H30ClN3O5/c1-16-12-20(27)5-9-23(16)29-25(33)28-21-6-4-19-15-30(11-10-18(19)14-21)26(34)35-22-7-2-17(3-8-22)13-24(31)32/h4-6,9,12,14,17,22H,2-3,7-8,10-11,13,15H2,1H3,(H,31,32)(H2,28,29,33)/t17-,22-. The molecule has 0 bridgehead atoms. The first-order valence-electron chi connectivity index (χ1n) is 11.9. The summed E-state index contributed by atoms with van der Waals surface area (Å²) in [5.41, 5.74) is 4.36. The highest BCUT2D eigenvalue weighted by atomic mass is 35.5. The van der Waals surface area contributed by atoms with E-state index in [4.69, 9.17) is 21.4 Å². The third-order valence-corrected chi connectivity index (χ3v) is 6.93. The molecule has 1 saturated carbocycles. The second kappa shape index (κ2) is 11.0. The summed E-state index contributed by atoms with van der Waals surface area (Å²) in [4.78, 5) is 37.7. The molecule has 1 aliphatic carbocycles. The van der Waals surface area contributed by atoms with Crippen molar-refractivity contribution in [2.45, 2.75) is 58.1 Å². The predicted molar refractivity (Wildman–Crippen MR) is 134 cm³/mol. The number of hydrogen-bond donors (Lipinski definition) is 3. The number of carboxylic acid groups (broad SMARTS) is 1. The van der Waals surface area contributed by atoms with Crippen molar-refractivity contribution in [3.05, 3.63) is 58.1 Å². The van der Waals surface area contributed by atoms with Gasteiger partial charge in [-0.2, -0.15) is 0 Å². The molecule has 0 unspecified atom stereocenters. The smallest absolute Gasteiger partial charge is 0.410 e. The van der Waals surface area contributed by atoms with E-state index in [1.807, 2.05) is 25.1 Å². The Bertz CT molecular complexity index is 1110. The summed E-state index contributed by atoms with van der Waals surface area (Å²) < 4.78 is 5.72. The fourth-order valence-electron chi connectivity index (χ4n) is 4.76. The van der Waals surface area contributed by atoms with E-state index in [0.717, 1.165) is 29.5 Å². The number of carboxylic acids is 1. The summed E-state index contributed by atoms with van der Waals surface area (Å²) in [5.74, 6) is -0.600. The Balaban J connectivity index is 1.28. The van der Waals surface area contributed by atoms with Crippen molar-refractivity contribution < 1.29 is 24.2 Å². The molecule has 3 amide bonds. The molecular formula is C26H30ClN3O5. The van der Waals surface area contributed by atoms with Crippen LogP contribution in [0.4, 0.5) is 21.0 Å². The van der Waals surface area contributed by atoms with Crippen LogP contribution >= 0.6 is 11.6 Å². The van der Waals surface area contributed by atoms with Crippen LogP contribution in [0, 0.1) is 12.8 Å². The van der Waals surface area contributed by atoms with Gasteiger partial charge in [-0.1, -0.05) is 17.7 Å². The number of hydrogen-bond acceptors (Lipinski definition) is 4. The molecule has 35 heavy (non-hydrogen) atoms. The highest BCUT2D eigenvalue weighted by molar-refractivity contribution is 6.30. The first-order chi connectivity index (χ1) is 16.8. The minimum Gasteiger partial charge on any atom is -0.481 e. The molecule has 1 aliphatic heterocycles. The maximum Gasteiger partial charge on any atom is 0.410 e. The number of fused-ring (bicyclic) bond motifs is 1. The minimum atomic E-state index is -0.770. The number of aliphatic carboxylic acids is 1. The van der Waals surface area contributed by atoms with Gasteiger partial charge in [0.25, 0.3) is 0 Å². The summed E-state index contributed by atoms with van der Waals surface area (Å²) in [6.45, 7) is 2.88. The number of halogens is 1. The summed E-state index contributed by atoms with van der Waals surface area (Å²) >= 11 is 5.97. The number of amides is 3. The molecule has 0 radical (unpaired) electrons. The molecule has 0 atom stereocenters. The SMILES string of the molecule is Cc1cc(Cl)ccc1NC(=O)Nc1ccc2c(c1)CCN(C(=O)O[C@H]1CC[C@H](CC(=O)O)CC1)C2. The predicted octanol–water partition coefficient (Wildman–Crippen LogP) is 5.82. The van der Waals surface area contributed by atoms with Crippen LogP contribution in [-0.2, 0) is 22.5 Å². The van der Waals surface area contributed by atoms with Crippen LogP contribution < -0.4 is 10.6 Å². The van der Waals surface area contributed by atoms with Crippen LogP contribution in [0.2, 0.25) is 5.02 Å². The third kappa shape index (κ3) is 6.66. The van der Waals surface area contributed by atoms with Gasteiger partial charge in [0, 0.05) is 35.9 Å². The second-order valence-corrected chi connectivity index (χ2v) is 9.75. The van der Waals surface area contributed by atoms with Crippen LogP contribution in [0.15, 0.2) is 36.4 Å². The van der Waals surface area contributed by atoms with Gasteiger partial charge >= 0.3 is 18.1 Å². The van der Waals surface area contributed by atoms with Gasteiger partial charge in [0.1, 0.15) is 6.10 Å². The lowest BCUT2D eigenvalue weighted by Gasteiger charge is -2.32. The van der Waals surface area contributed by atoms with E-state index in [9.17, 15) is 14.4 Å². The van der Waals surface area contributed by atoms with Crippen molar-refractivity contribution in [1.29, 1.82) is 0 Å². The van der Waals surface area contributed by atoms with Gasteiger partial charge in [0.15, 0.2) is 0 Å².